The number of piperidine rings is 1. The van der Waals surface area contributed by atoms with Crippen molar-refractivity contribution in [1.82, 2.24) is 10.6 Å². The van der Waals surface area contributed by atoms with Crippen LogP contribution in [0, 0.1) is 17.5 Å². The van der Waals surface area contributed by atoms with Crippen LogP contribution in [0.25, 0.3) is 0 Å². The minimum absolute atomic E-state index is 0.0351. The van der Waals surface area contributed by atoms with Gasteiger partial charge in [0.1, 0.15) is 5.82 Å². The van der Waals surface area contributed by atoms with Gasteiger partial charge >= 0.3 is 0 Å². The maximum absolute atomic E-state index is 13.7. The van der Waals surface area contributed by atoms with Gasteiger partial charge in [0, 0.05) is 18.5 Å². The highest BCUT2D eigenvalue weighted by Gasteiger charge is 2.29. The predicted octanol–water partition coefficient (Wildman–Crippen LogP) is 2.98. The third-order valence-corrected chi connectivity index (χ3v) is 4.29. The smallest absolute Gasteiger partial charge is 0.254 e. The lowest BCUT2D eigenvalue weighted by atomic mass is 9.85. The van der Waals surface area contributed by atoms with Gasteiger partial charge in [-0.15, -0.1) is 0 Å². The highest BCUT2D eigenvalue weighted by molar-refractivity contribution is 5.94. The van der Waals surface area contributed by atoms with E-state index in [-0.39, 0.29) is 17.5 Å². The molecule has 3 nitrogen and oxygen atoms in total. The van der Waals surface area contributed by atoms with Gasteiger partial charge in [-0.05, 0) is 42.8 Å². The van der Waals surface area contributed by atoms with Crippen molar-refractivity contribution in [3.63, 3.8) is 0 Å². The molecule has 2 aromatic carbocycles. The first-order valence-electron chi connectivity index (χ1n) is 7.77. The van der Waals surface area contributed by atoms with Crippen molar-refractivity contribution >= 4 is 5.91 Å². The van der Waals surface area contributed by atoms with Crippen molar-refractivity contribution in [3.8, 4) is 0 Å². The minimum atomic E-state index is -0.912. The lowest BCUT2D eigenvalue weighted by molar-refractivity contribution is 0.0920. The van der Waals surface area contributed by atoms with E-state index in [9.17, 15) is 18.0 Å². The Balaban J connectivity index is 1.81. The fourth-order valence-electron chi connectivity index (χ4n) is 3.04. The van der Waals surface area contributed by atoms with Crippen molar-refractivity contribution < 1.29 is 18.0 Å². The van der Waals surface area contributed by atoms with Crippen molar-refractivity contribution in [1.29, 1.82) is 0 Å². The van der Waals surface area contributed by atoms with E-state index in [1.54, 1.807) is 6.07 Å². The number of carbonyl (C=O) groups is 1. The van der Waals surface area contributed by atoms with Crippen molar-refractivity contribution in [2.24, 2.45) is 0 Å². The first-order chi connectivity index (χ1) is 11.6. The van der Waals surface area contributed by atoms with Crippen LogP contribution in [0.1, 0.15) is 28.3 Å². The van der Waals surface area contributed by atoms with Crippen LogP contribution < -0.4 is 10.6 Å². The van der Waals surface area contributed by atoms with Gasteiger partial charge in [-0.1, -0.05) is 18.2 Å². The highest BCUT2D eigenvalue weighted by atomic mass is 19.2. The number of halogens is 3. The summed E-state index contributed by atoms with van der Waals surface area (Å²) in [6, 6.07) is 9.17. The summed E-state index contributed by atoms with van der Waals surface area (Å²) in [6.07, 6.45) is 0.660. The fraction of sp³-hybridized carbons (Fsp3) is 0.278. The lowest BCUT2D eigenvalue weighted by Gasteiger charge is -2.33. The van der Waals surface area contributed by atoms with Crippen LogP contribution in [-0.4, -0.2) is 25.0 Å². The molecule has 0 saturated carbocycles. The van der Waals surface area contributed by atoms with Crippen molar-refractivity contribution in [2.45, 2.75) is 18.4 Å². The average Bonchev–Trinajstić information content (AvgIpc) is 2.58. The highest BCUT2D eigenvalue weighted by Crippen LogP contribution is 2.27. The van der Waals surface area contributed by atoms with E-state index in [0.29, 0.717) is 25.1 Å². The molecular weight excluding hydrogens is 317 g/mol. The molecule has 3 rings (SSSR count). The number of hydrogen-bond donors (Lipinski definition) is 2. The average molecular weight is 334 g/mol. The van der Waals surface area contributed by atoms with E-state index in [4.69, 9.17) is 0 Å². The van der Waals surface area contributed by atoms with Gasteiger partial charge in [-0.3, -0.25) is 4.79 Å². The number of carbonyl (C=O) groups excluding carboxylic acids is 1. The summed E-state index contributed by atoms with van der Waals surface area (Å²) in [5.41, 5.74) is 0.585. The molecule has 0 spiro atoms. The molecule has 2 aromatic rings. The third-order valence-electron chi connectivity index (χ3n) is 4.29. The van der Waals surface area contributed by atoms with Crippen LogP contribution in [-0.2, 0) is 0 Å². The normalized spacial score (nSPS) is 20.6. The Labute approximate surface area is 137 Å². The van der Waals surface area contributed by atoms with Crippen molar-refractivity contribution in [2.75, 3.05) is 13.1 Å². The van der Waals surface area contributed by atoms with Gasteiger partial charge in [-0.2, -0.15) is 0 Å². The van der Waals surface area contributed by atoms with Crippen LogP contribution >= 0.6 is 0 Å². The molecule has 1 amide bonds. The van der Waals surface area contributed by atoms with Crippen LogP contribution in [0.2, 0.25) is 0 Å². The summed E-state index contributed by atoms with van der Waals surface area (Å²) in [5, 5.41) is 5.96. The van der Waals surface area contributed by atoms with Crippen LogP contribution in [0.4, 0.5) is 13.2 Å². The monoisotopic (exact) mass is 334 g/mol. The Hall–Kier alpha value is -2.34. The maximum atomic E-state index is 13.7. The van der Waals surface area contributed by atoms with E-state index < -0.39 is 23.4 Å². The molecule has 0 radical (unpaired) electrons. The fourth-order valence-corrected chi connectivity index (χ4v) is 3.04. The first kappa shape index (κ1) is 16.5. The van der Waals surface area contributed by atoms with Crippen LogP contribution in [0.3, 0.4) is 0 Å². The summed E-state index contributed by atoms with van der Waals surface area (Å²) in [6.45, 7) is 1.18. The molecule has 0 bridgehead atoms. The minimum Gasteiger partial charge on any atom is -0.347 e. The van der Waals surface area contributed by atoms with Gasteiger partial charge in [0.05, 0.1) is 5.56 Å². The van der Waals surface area contributed by atoms with Gasteiger partial charge < -0.3 is 10.6 Å². The zero-order valence-corrected chi connectivity index (χ0v) is 12.9. The molecule has 0 aliphatic carbocycles. The zero-order chi connectivity index (χ0) is 17.1. The molecule has 6 heteroatoms. The summed E-state index contributed by atoms with van der Waals surface area (Å²) in [7, 11) is 0. The van der Waals surface area contributed by atoms with Crippen LogP contribution in [0.15, 0.2) is 42.5 Å². The second-order valence-electron chi connectivity index (χ2n) is 5.83. The SMILES string of the molecule is O=C(NC1CNCCC1c1ccc(F)c(F)c1)c1ccccc1F. The molecule has 126 valence electrons. The number of amides is 1. The molecule has 1 fully saturated rings. The number of hydrogen-bond acceptors (Lipinski definition) is 2. The second kappa shape index (κ2) is 7.05. The zero-order valence-electron chi connectivity index (χ0n) is 12.9. The maximum Gasteiger partial charge on any atom is 0.254 e. The number of rotatable bonds is 3. The third kappa shape index (κ3) is 3.43. The number of benzene rings is 2. The van der Waals surface area contributed by atoms with E-state index in [1.165, 1.54) is 24.3 Å². The largest absolute Gasteiger partial charge is 0.347 e. The Morgan fingerprint density at radius 3 is 2.58 bits per heavy atom. The van der Waals surface area contributed by atoms with Gasteiger partial charge in [0.25, 0.3) is 5.91 Å². The predicted molar refractivity (Wildman–Crippen MR) is 84.2 cm³/mol. The molecule has 24 heavy (non-hydrogen) atoms. The van der Waals surface area contributed by atoms with Gasteiger partial charge in [-0.25, -0.2) is 13.2 Å². The molecular formula is C18H17F3N2O. The van der Waals surface area contributed by atoms with E-state index in [0.717, 1.165) is 12.1 Å². The molecule has 0 aromatic heterocycles. The first-order valence-corrected chi connectivity index (χ1v) is 7.77. The Morgan fingerprint density at radius 2 is 1.83 bits per heavy atom. The topological polar surface area (TPSA) is 41.1 Å². The molecule has 1 saturated heterocycles. The Morgan fingerprint density at radius 1 is 1.04 bits per heavy atom. The van der Waals surface area contributed by atoms with Gasteiger partial charge in [0.2, 0.25) is 0 Å². The Kier molecular flexibility index (Phi) is 4.85. The second-order valence-corrected chi connectivity index (χ2v) is 5.83. The quantitative estimate of drug-likeness (QED) is 0.906. The molecule has 1 heterocycles. The Bertz CT molecular complexity index is 751. The number of nitrogens with one attached hydrogen (secondary N) is 2. The standard InChI is InChI=1S/C18H17F3N2O/c19-14-4-2-1-3-13(14)18(24)23-17-10-22-8-7-12(17)11-5-6-15(20)16(21)9-11/h1-6,9,12,17,22H,7-8,10H2,(H,23,24). The van der Waals surface area contributed by atoms with Gasteiger partial charge in [0.15, 0.2) is 11.6 Å². The summed E-state index contributed by atoms with van der Waals surface area (Å²) in [4.78, 5) is 12.3. The summed E-state index contributed by atoms with van der Waals surface area (Å²) >= 11 is 0. The molecule has 1 aliphatic heterocycles. The van der Waals surface area contributed by atoms with E-state index >= 15 is 0 Å². The molecule has 2 N–H and O–H groups in total. The van der Waals surface area contributed by atoms with Crippen LogP contribution in [0.5, 0.6) is 0 Å². The molecule has 1 aliphatic rings. The van der Waals surface area contributed by atoms with E-state index in [2.05, 4.69) is 10.6 Å². The molecule has 2 atom stereocenters. The van der Waals surface area contributed by atoms with E-state index in [1.807, 2.05) is 0 Å². The molecule has 2 unspecified atom stereocenters. The van der Waals surface area contributed by atoms with Crippen molar-refractivity contribution in [3.05, 3.63) is 71.0 Å². The summed E-state index contributed by atoms with van der Waals surface area (Å²) in [5.74, 6) is -3.10. The lowest BCUT2D eigenvalue weighted by Crippen LogP contribution is -2.50. The summed E-state index contributed by atoms with van der Waals surface area (Å²) < 4.78 is 40.4.